The van der Waals surface area contributed by atoms with Crippen LogP contribution in [0.5, 0.6) is 5.75 Å². The minimum absolute atomic E-state index is 0.0932. The van der Waals surface area contributed by atoms with Gasteiger partial charge in [-0.3, -0.25) is 19.7 Å². The highest BCUT2D eigenvalue weighted by molar-refractivity contribution is 6.53. The lowest BCUT2D eigenvalue weighted by molar-refractivity contribution is -0.384. The number of nitro benzene ring substituents is 1. The second-order valence-corrected chi connectivity index (χ2v) is 5.64. The van der Waals surface area contributed by atoms with Crippen LogP contribution in [0.3, 0.4) is 0 Å². The number of nitro groups is 1. The molecular weight excluding hydrogens is 362 g/mol. The SMILES string of the molecule is COc1ccc(N2C(=O)C(Cl)=C(Nc3ccc([N+](=O)[O-])cc3)C2=O)cc1. The molecule has 0 bridgehead atoms. The molecule has 0 unspecified atom stereocenters. The molecule has 1 N–H and O–H groups in total. The number of anilines is 2. The van der Waals surface area contributed by atoms with Crippen LogP contribution in [0.4, 0.5) is 17.1 Å². The van der Waals surface area contributed by atoms with E-state index < -0.39 is 16.7 Å². The minimum Gasteiger partial charge on any atom is -0.497 e. The quantitative estimate of drug-likeness (QED) is 0.491. The Hall–Kier alpha value is -3.39. The first kappa shape index (κ1) is 17.4. The van der Waals surface area contributed by atoms with Crippen molar-refractivity contribution in [2.75, 3.05) is 17.3 Å². The van der Waals surface area contributed by atoms with Crippen LogP contribution < -0.4 is 15.0 Å². The number of nitrogens with one attached hydrogen (secondary N) is 1. The van der Waals surface area contributed by atoms with Crippen molar-refractivity contribution in [1.29, 1.82) is 0 Å². The van der Waals surface area contributed by atoms with E-state index in [9.17, 15) is 19.7 Å². The van der Waals surface area contributed by atoms with Crippen LogP contribution in [0.2, 0.25) is 0 Å². The van der Waals surface area contributed by atoms with Crippen molar-refractivity contribution < 1.29 is 19.2 Å². The van der Waals surface area contributed by atoms with Crippen molar-refractivity contribution in [3.05, 3.63) is 69.4 Å². The highest BCUT2D eigenvalue weighted by atomic mass is 35.5. The van der Waals surface area contributed by atoms with E-state index in [2.05, 4.69) is 5.32 Å². The molecule has 0 aliphatic carbocycles. The number of hydrogen-bond donors (Lipinski definition) is 1. The summed E-state index contributed by atoms with van der Waals surface area (Å²) < 4.78 is 5.05. The third-order valence-corrected chi connectivity index (χ3v) is 4.06. The van der Waals surface area contributed by atoms with E-state index in [-0.39, 0.29) is 16.4 Å². The first-order valence-corrected chi connectivity index (χ1v) is 7.74. The first-order chi connectivity index (χ1) is 12.4. The van der Waals surface area contributed by atoms with Gasteiger partial charge in [-0.15, -0.1) is 0 Å². The molecule has 2 aromatic carbocycles. The van der Waals surface area contributed by atoms with E-state index >= 15 is 0 Å². The Morgan fingerprint density at radius 2 is 1.65 bits per heavy atom. The Morgan fingerprint density at radius 3 is 2.19 bits per heavy atom. The van der Waals surface area contributed by atoms with Crippen LogP contribution in [0.1, 0.15) is 0 Å². The topological polar surface area (TPSA) is 102 Å². The molecule has 0 saturated carbocycles. The fourth-order valence-corrected chi connectivity index (χ4v) is 2.60. The van der Waals surface area contributed by atoms with Crippen LogP contribution in [-0.2, 0) is 9.59 Å². The second-order valence-electron chi connectivity index (χ2n) is 5.26. The van der Waals surface area contributed by atoms with Gasteiger partial charge in [-0.1, -0.05) is 11.6 Å². The zero-order valence-corrected chi connectivity index (χ0v) is 14.2. The van der Waals surface area contributed by atoms with Gasteiger partial charge in [0.25, 0.3) is 17.5 Å². The molecule has 2 amide bonds. The number of methoxy groups -OCH3 is 1. The summed E-state index contributed by atoms with van der Waals surface area (Å²) >= 11 is 6.03. The summed E-state index contributed by atoms with van der Waals surface area (Å²) in [4.78, 5) is 36.1. The third kappa shape index (κ3) is 3.09. The lowest BCUT2D eigenvalue weighted by Crippen LogP contribution is -2.32. The number of halogens is 1. The van der Waals surface area contributed by atoms with Crippen LogP contribution in [0.15, 0.2) is 59.3 Å². The summed E-state index contributed by atoms with van der Waals surface area (Å²) in [6, 6.07) is 11.8. The summed E-state index contributed by atoms with van der Waals surface area (Å²) in [5.41, 5.74) is 0.548. The summed E-state index contributed by atoms with van der Waals surface area (Å²) in [6.45, 7) is 0. The Balaban J connectivity index is 1.85. The molecule has 1 aliphatic heterocycles. The number of rotatable bonds is 5. The number of imide groups is 1. The van der Waals surface area contributed by atoms with E-state index in [0.29, 0.717) is 17.1 Å². The van der Waals surface area contributed by atoms with Gasteiger partial charge in [0.2, 0.25) is 0 Å². The van der Waals surface area contributed by atoms with Gasteiger partial charge in [-0.2, -0.15) is 0 Å². The second kappa shape index (κ2) is 6.85. The number of carbonyl (C=O) groups is 2. The van der Waals surface area contributed by atoms with Crippen LogP contribution in [0, 0.1) is 10.1 Å². The maximum atomic E-state index is 12.6. The molecule has 8 nitrogen and oxygen atoms in total. The van der Waals surface area contributed by atoms with Gasteiger partial charge in [0, 0.05) is 17.8 Å². The highest BCUT2D eigenvalue weighted by Crippen LogP contribution is 2.31. The molecule has 1 aliphatic rings. The normalized spacial score (nSPS) is 14.0. The average Bonchev–Trinajstić information content (AvgIpc) is 2.86. The van der Waals surface area contributed by atoms with Crippen LogP contribution in [-0.4, -0.2) is 23.8 Å². The molecule has 0 atom stereocenters. The monoisotopic (exact) mass is 373 g/mol. The minimum atomic E-state index is -0.661. The van der Waals surface area contributed by atoms with E-state index in [0.717, 1.165) is 4.90 Å². The number of amides is 2. The Morgan fingerprint density at radius 1 is 1.04 bits per heavy atom. The number of hydrogen-bond acceptors (Lipinski definition) is 6. The van der Waals surface area contributed by atoms with Crippen LogP contribution >= 0.6 is 11.6 Å². The maximum absolute atomic E-state index is 12.6. The lowest BCUT2D eigenvalue weighted by atomic mass is 10.2. The van der Waals surface area contributed by atoms with E-state index in [1.54, 1.807) is 24.3 Å². The van der Waals surface area contributed by atoms with Crippen molar-refractivity contribution in [3.63, 3.8) is 0 Å². The first-order valence-electron chi connectivity index (χ1n) is 7.36. The van der Waals surface area contributed by atoms with Crippen molar-refractivity contribution >= 4 is 40.5 Å². The number of ether oxygens (including phenoxy) is 1. The highest BCUT2D eigenvalue weighted by Gasteiger charge is 2.38. The molecule has 0 fully saturated rings. The van der Waals surface area contributed by atoms with Gasteiger partial charge < -0.3 is 10.1 Å². The van der Waals surface area contributed by atoms with E-state index in [4.69, 9.17) is 16.3 Å². The molecular formula is C17H12ClN3O5. The van der Waals surface area contributed by atoms with Crippen molar-refractivity contribution in [3.8, 4) is 5.75 Å². The van der Waals surface area contributed by atoms with Crippen molar-refractivity contribution in [1.82, 2.24) is 0 Å². The molecule has 0 saturated heterocycles. The third-order valence-electron chi connectivity index (χ3n) is 3.71. The van der Waals surface area contributed by atoms with Gasteiger partial charge in [-0.05, 0) is 36.4 Å². The van der Waals surface area contributed by atoms with Gasteiger partial charge in [-0.25, -0.2) is 4.90 Å². The molecule has 9 heteroatoms. The summed E-state index contributed by atoms with van der Waals surface area (Å²) in [5.74, 6) is -0.703. The van der Waals surface area contributed by atoms with Crippen molar-refractivity contribution in [2.24, 2.45) is 0 Å². The van der Waals surface area contributed by atoms with Gasteiger partial charge in [0.05, 0.1) is 17.7 Å². The molecule has 1 heterocycles. The predicted octanol–water partition coefficient (Wildman–Crippen LogP) is 3.04. The average molecular weight is 374 g/mol. The molecule has 132 valence electrons. The molecule has 3 rings (SSSR count). The van der Waals surface area contributed by atoms with E-state index in [1.807, 2.05) is 0 Å². The molecule has 0 aromatic heterocycles. The van der Waals surface area contributed by atoms with E-state index in [1.165, 1.54) is 31.4 Å². The maximum Gasteiger partial charge on any atom is 0.283 e. The van der Waals surface area contributed by atoms with Gasteiger partial charge in [0.15, 0.2) is 0 Å². The van der Waals surface area contributed by atoms with Crippen molar-refractivity contribution in [2.45, 2.75) is 0 Å². The van der Waals surface area contributed by atoms with Gasteiger partial charge in [0.1, 0.15) is 16.5 Å². The molecule has 2 aromatic rings. The Labute approximate surface area is 152 Å². The van der Waals surface area contributed by atoms with Crippen LogP contribution in [0.25, 0.3) is 0 Å². The zero-order chi connectivity index (χ0) is 18.8. The fraction of sp³-hybridized carbons (Fsp3) is 0.0588. The molecule has 0 spiro atoms. The Kier molecular flexibility index (Phi) is 4.59. The predicted molar refractivity (Wildman–Crippen MR) is 95.1 cm³/mol. The molecule has 26 heavy (non-hydrogen) atoms. The molecule has 0 radical (unpaired) electrons. The Bertz CT molecular complexity index is 922. The summed E-state index contributed by atoms with van der Waals surface area (Å²) in [5, 5.41) is 13.2. The lowest BCUT2D eigenvalue weighted by Gasteiger charge is -2.15. The summed E-state index contributed by atoms with van der Waals surface area (Å²) in [7, 11) is 1.51. The smallest absolute Gasteiger partial charge is 0.283 e. The standard InChI is InChI=1S/C17H12ClN3O5/c1-26-13-8-6-11(7-9-13)20-16(22)14(18)15(17(20)23)19-10-2-4-12(5-3-10)21(24)25/h2-9,19H,1H3. The zero-order valence-electron chi connectivity index (χ0n) is 13.4. The number of carbonyl (C=O) groups excluding carboxylic acids is 2. The number of nitrogens with zero attached hydrogens (tertiary/aromatic N) is 2. The fourth-order valence-electron chi connectivity index (χ4n) is 2.39. The van der Waals surface area contributed by atoms with Gasteiger partial charge >= 0.3 is 0 Å². The number of benzene rings is 2. The summed E-state index contributed by atoms with van der Waals surface area (Å²) in [6.07, 6.45) is 0. The largest absolute Gasteiger partial charge is 0.497 e. The number of non-ortho nitro benzene ring substituents is 1.